The first-order valence-electron chi connectivity index (χ1n) is 4.93. The topological polar surface area (TPSA) is 77.4 Å². The lowest BCUT2D eigenvalue weighted by atomic mass is 10.1. The molecule has 2 aliphatic heterocycles. The summed E-state index contributed by atoms with van der Waals surface area (Å²) in [6, 6.07) is 0. The number of carbonyl (C=O) groups is 1. The zero-order valence-corrected chi connectivity index (χ0v) is 7.98. The molecule has 0 aromatic rings. The first-order chi connectivity index (χ1) is 6.74. The number of primary amides is 1. The van der Waals surface area contributed by atoms with Gasteiger partial charge in [-0.05, 0) is 12.8 Å². The molecular weight excluding hydrogens is 186 g/mol. The fourth-order valence-electron chi connectivity index (χ4n) is 1.49. The molecule has 80 valence electrons. The minimum absolute atomic E-state index is 0.107. The maximum Gasteiger partial charge on any atom is 0.404 e. The van der Waals surface area contributed by atoms with Crippen molar-refractivity contribution in [1.82, 2.24) is 0 Å². The van der Waals surface area contributed by atoms with Gasteiger partial charge in [0.15, 0.2) is 0 Å². The van der Waals surface area contributed by atoms with Gasteiger partial charge in [0, 0.05) is 6.42 Å². The van der Waals surface area contributed by atoms with Crippen molar-refractivity contribution in [3.63, 3.8) is 0 Å². The van der Waals surface area contributed by atoms with E-state index < -0.39 is 6.09 Å². The van der Waals surface area contributed by atoms with Crippen molar-refractivity contribution in [3.05, 3.63) is 0 Å². The van der Waals surface area contributed by atoms with Crippen LogP contribution >= 0.6 is 0 Å². The highest BCUT2D eigenvalue weighted by Crippen LogP contribution is 2.23. The largest absolute Gasteiger partial charge is 0.446 e. The van der Waals surface area contributed by atoms with Crippen LogP contribution in [0.3, 0.4) is 0 Å². The Balaban J connectivity index is 1.68. The van der Waals surface area contributed by atoms with Gasteiger partial charge in [-0.15, -0.1) is 0 Å². The molecule has 14 heavy (non-hydrogen) atoms. The minimum atomic E-state index is -0.702. The van der Waals surface area contributed by atoms with Gasteiger partial charge >= 0.3 is 6.09 Å². The molecule has 5 heteroatoms. The van der Waals surface area contributed by atoms with Crippen LogP contribution in [0.5, 0.6) is 0 Å². The zero-order chi connectivity index (χ0) is 9.97. The molecule has 1 amide bonds. The smallest absolute Gasteiger partial charge is 0.404 e. The highest BCUT2D eigenvalue weighted by molar-refractivity contribution is 5.64. The summed E-state index contributed by atoms with van der Waals surface area (Å²) in [4.78, 5) is 10.6. The monoisotopic (exact) mass is 201 g/mol. The van der Waals surface area contributed by atoms with Crippen LogP contribution in [0.1, 0.15) is 19.3 Å². The van der Waals surface area contributed by atoms with E-state index in [-0.39, 0.29) is 12.2 Å². The molecule has 3 unspecified atom stereocenters. The van der Waals surface area contributed by atoms with Gasteiger partial charge in [0.2, 0.25) is 0 Å². The summed E-state index contributed by atoms with van der Waals surface area (Å²) in [6.07, 6.45) is 2.33. The van der Waals surface area contributed by atoms with Crippen LogP contribution in [0.2, 0.25) is 0 Å². The molecule has 0 bridgehead atoms. The predicted molar refractivity (Wildman–Crippen MR) is 47.8 cm³/mol. The average Bonchev–Trinajstić information content (AvgIpc) is 2.95. The van der Waals surface area contributed by atoms with E-state index in [0.29, 0.717) is 6.10 Å². The third kappa shape index (κ3) is 3.51. The van der Waals surface area contributed by atoms with Crippen LogP contribution in [-0.4, -0.2) is 37.6 Å². The number of ether oxygens (including phenoxy) is 3. The molecule has 0 spiro atoms. The molecule has 0 aromatic heterocycles. The van der Waals surface area contributed by atoms with E-state index in [9.17, 15) is 4.79 Å². The molecule has 2 N–H and O–H groups in total. The average molecular weight is 201 g/mol. The van der Waals surface area contributed by atoms with E-state index in [1.807, 2.05) is 0 Å². The Bertz CT molecular complexity index is 213. The van der Waals surface area contributed by atoms with Crippen molar-refractivity contribution in [2.75, 3.05) is 13.2 Å². The summed E-state index contributed by atoms with van der Waals surface area (Å²) in [6.45, 7) is 1.61. The number of rotatable bonds is 6. The van der Waals surface area contributed by atoms with Crippen molar-refractivity contribution in [1.29, 1.82) is 0 Å². The van der Waals surface area contributed by atoms with Gasteiger partial charge in [-0.1, -0.05) is 0 Å². The van der Waals surface area contributed by atoms with Gasteiger partial charge in [-0.3, -0.25) is 0 Å². The van der Waals surface area contributed by atoms with Gasteiger partial charge < -0.3 is 19.9 Å². The van der Waals surface area contributed by atoms with Crippen molar-refractivity contribution < 1.29 is 19.0 Å². The summed E-state index contributed by atoms with van der Waals surface area (Å²) in [7, 11) is 0. The lowest BCUT2D eigenvalue weighted by molar-refractivity contribution is 0.0876. The Hall–Kier alpha value is -0.810. The third-order valence-electron chi connectivity index (χ3n) is 2.42. The third-order valence-corrected chi connectivity index (χ3v) is 2.42. The standard InChI is InChI=1S/C9H15NO4/c10-9(11)14-6(3-8-5-13-8)1-2-7-4-12-7/h6-8H,1-5H2,(H2,10,11). The Labute approximate surface area is 82.5 Å². The highest BCUT2D eigenvalue weighted by Gasteiger charge is 2.30. The quantitative estimate of drug-likeness (QED) is 0.632. The highest BCUT2D eigenvalue weighted by atomic mass is 16.6. The summed E-state index contributed by atoms with van der Waals surface area (Å²) < 4.78 is 15.1. The van der Waals surface area contributed by atoms with E-state index in [1.54, 1.807) is 0 Å². The summed E-state index contributed by atoms with van der Waals surface area (Å²) >= 11 is 0. The molecule has 0 aromatic carbocycles. The number of epoxide rings is 2. The molecular formula is C9H15NO4. The Morgan fingerprint density at radius 2 is 2.07 bits per heavy atom. The van der Waals surface area contributed by atoms with E-state index in [1.165, 1.54) is 0 Å². The second kappa shape index (κ2) is 4.14. The van der Waals surface area contributed by atoms with E-state index >= 15 is 0 Å². The van der Waals surface area contributed by atoms with Gasteiger partial charge in [-0.2, -0.15) is 0 Å². The van der Waals surface area contributed by atoms with E-state index in [2.05, 4.69) is 0 Å². The number of hydrogen-bond acceptors (Lipinski definition) is 4. The summed E-state index contributed by atoms with van der Waals surface area (Å²) in [5.41, 5.74) is 4.98. The summed E-state index contributed by atoms with van der Waals surface area (Å²) in [5, 5.41) is 0. The molecule has 2 rings (SSSR count). The van der Waals surface area contributed by atoms with Crippen molar-refractivity contribution in [2.24, 2.45) is 5.73 Å². The second-order valence-corrected chi connectivity index (χ2v) is 3.78. The molecule has 2 saturated heterocycles. The van der Waals surface area contributed by atoms with E-state index in [0.717, 1.165) is 32.5 Å². The molecule has 2 aliphatic rings. The van der Waals surface area contributed by atoms with Gasteiger partial charge in [-0.25, -0.2) is 4.79 Å². The van der Waals surface area contributed by atoms with Crippen molar-refractivity contribution in [3.8, 4) is 0 Å². The molecule has 0 aliphatic carbocycles. The lowest BCUT2D eigenvalue weighted by Crippen LogP contribution is -2.24. The first-order valence-corrected chi connectivity index (χ1v) is 4.93. The first kappa shape index (κ1) is 9.73. The zero-order valence-electron chi connectivity index (χ0n) is 7.98. The molecule has 2 fully saturated rings. The predicted octanol–water partition coefficient (Wildman–Crippen LogP) is 0.418. The maximum atomic E-state index is 10.6. The lowest BCUT2D eigenvalue weighted by Gasteiger charge is -2.14. The fraction of sp³-hybridized carbons (Fsp3) is 0.889. The SMILES string of the molecule is NC(=O)OC(CCC1CO1)CC1CO1. The van der Waals surface area contributed by atoms with Crippen LogP contribution in [0.25, 0.3) is 0 Å². The number of nitrogens with two attached hydrogens (primary N) is 1. The molecule has 5 nitrogen and oxygen atoms in total. The Morgan fingerprint density at radius 1 is 1.43 bits per heavy atom. The number of amides is 1. The number of hydrogen-bond donors (Lipinski definition) is 1. The number of carbonyl (C=O) groups excluding carboxylic acids is 1. The molecule has 3 atom stereocenters. The van der Waals surface area contributed by atoms with Crippen molar-refractivity contribution >= 4 is 6.09 Å². The Morgan fingerprint density at radius 3 is 2.57 bits per heavy atom. The van der Waals surface area contributed by atoms with Crippen LogP contribution in [-0.2, 0) is 14.2 Å². The van der Waals surface area contributed by atoms with E-state index in [4.69, 9.17) is 19.9 Å². The second-order valence-electron chi connectivity index (χ2n) is 3.78. The van der Waals surface area contributed by atoms with Gasteiger partial charge in [0.25, 0.3) is 0 Å². The van der Waals surface area contributed by atoms with Gasteiger partial charge in [0.05, 0.1) is 25.4 Å². The molecule has 0 radical (unpaired) electrons. The minimum Gasteiger partial charge on any atom is -0.446 e. The van der Waals surface area contributed by atoms with Crippen LogP contribution in [0, 0.1) is 0 Å². The van der Waals surface area contributed by atoms with Crippen LogP contribution in [0.4, 0.5) is 4.79 Å². The van der Waals surface area contributed by atoms with Crippen molar-refractivity contribution in [2.45, 2.75) is 37.6 Å². The fourth-order valence-corrected chi connectivity index (χ4v) is 1.49. The molecule has 2 heterocycles. The van der Waals surface area contributed by atoms with Crippen LogP contribution in [0.15, 0.2) is 0 Å². The maximum absolute atomic E-state index is 10.6. The summed E-state index contributed by atoms with van der Waals surface area (Å²) in [5.74, 6) is 0. The molecule has 0 saturated carbocycles. The van der Waals surface area contributed by atoms with Crippen LogP contribution < -0.4 is 5.73 Å². The normalized spacial score (nSPS) is 30.9. The Kier molecular flexibility index (Phi) is 2.88. The van der Waals surface area contributed by atoms with Gasteiger partial charge in [0.1, 0.15) is 6.10 Å².